The molecule has 0 aliphatic heterocycles. The summed E-state index contributed by atoms with van der Waals surface area (Å²) in [4.78, 5) is 15.9. The molecule has 0 unspecified atom stereocenters. The number of thioether (sulfide) groups is 1. The number of aromatic nitrogens is 2. The summed E-state index contributed by atoms with van der Waals surface area (Å²) in [6.45, 7) is 0.720. The standard InChI is InChI=1S/C10H9BrN2O2S2/c11-8-2-1-7(17-8)5-13-4-3-12-10(13)16-6-9(14)15/h1-4H,5-6H2,(H,14,15). The molecule has 17 heavy (non-hydrogen) atoms. The van der Waals surface area contributed by atoms with Crippen molar-refractivity contribution in [2.45, 2.75) is 11.7 Å². The van der Waals surface area contributed by atoms with Crippen LogP contribution in [-0.2, 0) is 11.3 Å². The van der Waals surface area contributed by atoms with Gasteiger partial charge in [-0.15, -0.1) is 11.3 Å². The molecular weight excluding hydrogens is 324 g/mol. The Morgan fingerprint density at radius 2 is 2.41 bits per heavy atom. The Bertz CT molecular complexity index is 524. The van der Waals surface area contributed by atoms with Crippen LogP contribution in [0.15, 0.2) is 33.5 Å². The van der Waals surface area contributed by atoms with Crippen molar-refractivity contribution in [3.63, 3.8) is 0 Å². The number of rotatable bonds is 5. The summed E-state index contributed by atoms with van der Waals surface area (Å²) in [5.74, 6) is -0.797. The van der Waals surface area contributed by atoms with Crippen LogP contribution in [0.1, 0.15) is 4.88 Å². The summed E-state index contributed by atoms with van der Waals surface area (Å²) in [6.07, 6.45) is 3.55. The summed E-state index contributed by atoms with van der Waals surface area (Å²) in [7, 11) is 0. The quantitative estimate of drug-likeness (QED) is 0.855. The van der Waals surface area contributed by atoms with Gasteiger partial charge >= 0.3 is 5.97 Å². The summed E-state index contributed by atoms with van der Waals surface area (Å²) in [6, 6.07) is 4.04. The molecular formula is C10H9BrN2O2S2. The van der Waals surface area contributed by atoms with E-state index in [9.17, 15) is 4.79 Å². The number of halogens is 1. The Kier molecular flexibility index (Phi) is 4.25. The minimum Gasteiger partial charge on any atom is -0.481 e. The Balaban J connectivity index is 2.06. The van der Waals surface area contributed by atoms with Crippen molar-refractivity contribution >= 4 is 45.0 Å². The molecule has 2 heterocycles. The lowest BCUT2D eigenvalue weighted by atomic mass is 10.5. The molecule has 0 amide bonds. The number of carboxylic acid groups (broad SMARTS) is 1. The second-order valence-corrected chi connectivity index (χ2v) is 6.72. The van der Waals surface area contributed by atoms with Crippen molar-refractivity contribution < 1.29 is 9.90 Å². The highest BCUT2D eigenvalue weighted by molar-refractivity contribution is 9.11. The van der Waals surface area contributed by atoms with E-state index in [4.69, 9.17) is 5.11 Å². The summed E-state index contributed by atoms with van der Waals surface area (Å²) >= 11 is 6.31. The van der Waals surface area contributed by atoms with Crippen LogP contribution < -0.4 is 0 Å². The van der Waals surface area contributed by atoms with Gasteiger partial charge in [-0.3, -0.25) is 4.79 Å². The highest BCUT2D eigenvalue weighted by atomic mass is 79.9. The van der Waals surface area contributed by atoms with Gasteiger partial charge in [0.15, 0.2) is 5.16 Å². The normalized spacial score (nSPS) is 10.6. The molecule has 0 atom stereocenters. The highest BCUT2D eigenvalue weighted by Gasteiger charge is 2.07. The highest BCUT2D eigenvalue weighted by Crippen LogP contribution is 2.24. The molecule has 0 saturated heterocycles. The topological polar surface area (TPSA) is 55.1 Å². The number of aliphatic carboxylic acids is 1. The number of thiophene rings is 1. The molecule has 0 saturated carbocycles. The minimum atomic E-state index is -0.830. The Morgan fingerprint density at radius 1 is 1.59 bits per heavy atom. The maximum Gasteiger partial charge on any atom is 0.313 e. The molecule has 2 rings (SSSR count). The lowest BCUT2D eigenvalue weighted by Crippen LogP contribution is -2.02. The lowest BCUT2D eigenvalue weighted by Gasteiger charge is -2.04. The van der Waals surface area contributed by atoms with E-state index in [1.807, 2.05) is 22.9 Å². The van der Waals surface area contributed by atoms with Crippen molar-refractivity contribution in [1.82, 2.24) is 9.55 Å². The number of hydrogen-bond acceptors (Lipinski definition) is 4. The molecule has 0 aliphatic carbocycles. The van der Waals surface area contributed by atoms with Gasteiger partial charge in [0.2, 0.25) is 0 Å². The largest absolute Gasteiger partial charge is 0.481 e. The van der Waals surface area contributed by atoms with Gasteiger partial charge in [0.25, 0.3) is 0 Å². The maximum atomic E-state index is 10.5. The van der Waals surface area contributed by atoms with Gasteiger partial charge in [-0.2, -0.15) is 0 Å². The van der Waals surface area contributed by atoms with E-state index in [2.05, 4.69) is 20.9 Å². The first kappa shape index (κ1) is 12.7. The van der Waals surface area contributed by atoms with Gasteiger partial charge in [-0.1, -0.05) is 11.8 Å². The molecule has 0 radical (unpaired) electrons. The summed E-state index contributed by atoms with van der Waals surface area (Å²) in [5, 5.41) is 9.37. The monoisotopic (exact) mass is 332 g/mol. The van der Waals surface area contributed by atoms with E-state index in [-0.39, 0.29) is 5.75 Å². The molecule has 7 heteroatoms. The first-order valence-electron chi connectivity index (χ1n) is 4.75. The van der Waals surface area contributed by atoms with Crippen molar-refractivity contribution in [2.75, 3.05) is 5.75 Å². The molecule has 0 spiro atoms. The molecule has 0 fully saturated rings. The zero-order chi connectivity index (χ0) is 12.3. The third-order valence-electron chi connectivity index (χ3n) is 1.96. The van der Waals surface area contributed by atoms with Crippen LogP contribution in [0, 0.1) is 0 Å². The molecule has 0 aliphatic rings. The smallest absolute Gasteiger partial charge is 0.313 e. The fourth-order valence-corrected chi connectivity index (χ4v) is 3.45. The second kappa shape index (κ2) is 5.70. The third-order valence-corrected chi connectivity index (χ3v) is 4.55. The Morgan fingerprint density at radius 3 is 3.06 bits per heavy atom. The minimum absolute atomic E-state index is 0.0329. The van der Waals surface area contributed by atoms with E-state index in [0.29, 0.717) is 0 Å². The van der Waals surface area contributed by atoms with E-state index >= 15 is 0 Å². The number of nitrogens with zero attached hydrogens (tertiary/aromatic N) is 2. The van der Waals surface area contributed by atoms with Crippen LogP contribution in [0.4, 0.5) is 0 Å². The Hall–Kier alpha value is -0.790. The molecule has 1 N–H and O–H groups in total. The second-order valence-electron chi connectivity index (χ2n) is 3.23. The van der Waals surface area contributed by atoms with Crippen LogP contribution in [0.25, 0.3) is 0 Å². The molecule has 0 bridgehead atoms. The lowest BCUT2D eigenvalue weighted by molar-refractivity contribution is -0.133. The van der Waals surface area contributed by atoms with Crippen LogP contribution in [0.2, 0.25) is 0 Å². The molecule has 0 aromatic carbocycles. The Labute approximate surface area is 115 Å². The van der Waals surface area contributed by atoms with Crippen molar-refractivity contribution in [3.8, 4) is 0 Å². The average Bonchev–Trinajstić information content (AvgIpc) is 2.86. The number of imidazole rings is 1. The summed E-state index contributed by atoms with van der Waals surface area (Å²) < 4.78 is 3.04. The van der Waals surface area contributed by atoms with E-state index < -0.39 is 5.97 Å². The zero-order valence-corrected chi connectivity index (χ0v) is 11.9. The van der Waals surface area contributed by atoms with Gasteiger partial charge in [0, 0.05) is 17.3 Å². The van der Waals surface area contributed by atoms with Gasteiger partial charge in [-0.25, -0.2) is 4.98 Å². The summed E-state index contributed by atoms with van der Waals surface area (Å²) in [5.41, 5.74) is 0. The van der Waals surface area contributed by atoms with Gasteiger partial charge in [0.05, 0.1) is 16.1 Å². The van der Waals surface area contributed by atoms with Gasteiger partial charge < -0.3 is 9.67 Å². The fourth-order valence-electron chi connectivity index (χ4n) is 1.29. The van der Waals surface area contributed by atoms with Crippen molar-refractivity contribution in [2.24, 2.45) is 0 Å². The first-order valence-corrected chi connectivity index (χ1v) is 7.34. The van der Waals surface area contributed by atoms with Crippen LogP contribution in [-0.4, -0.2) is 26.4 Å². The third kappa shape index (κ3) is 3.58. The number of carboxylic acids is 1. The van der Waals surface area contributed by atoms with Gasteiger partial charge in [-0.05, 0) is 28.1 Å². The number of hydrogen-bond donors (Lipinski definition) is 1. The zero-order valence-electron chi connectivity index (χ0n) is 8.67. The fraction of sp³-hybridized carbons (Fsp3) is 0.200. The SMILES string of the molecule is O=C(O)CSc1nccn1Cc1ccc(Br)s1. The average molecular weight is 333 g/mol. The molecule has 90 valence electrons. The van der Waals surface area contributed by atoms with Gasteiger partial charge in [0.1, 0.15) is 0 Å². The molecule has 2 aromatic rings. The van der Waals surface area contributed by atoms with Crippen LogP contribution in [0.3, 0.4) is 0 Å². The van der Waals surface area contributed by atoms with Crippen molar-refractivity contribution in [1.29, 1.82) is 0 Å². The van der Waals surface area contributed by atoms with E-state index in [1.165, 1.54) is 16.6 Å². The van der Waals surface area contributed by atoms with Crippen molar-refractivity contribution in [3.05, 3.63) is 33.2 Å². The predicted octanol–water partition coefficient (Wildman–Crippen LogP) is 2.93. The van der Waals surface area contributed by atoms with Crippen LogP contribution in [0.5, 0.6) is 0 Å². The maximum absolute atomic E-state index is 10.5. The van der Waals surface area contributed by atoms with Crippen LogP contribution >= 0.6 is 39.0 Å². The molecule has 2 aromatic heterocycles. The predicted molar refractivity (Wildman–Crippen MR) is 71.7 cm³/mol. The molecule has 4 nitrogen and oxygen atoms in total. The van der Waals surface area contributed by atoms with E-state index in [1.54, 1.807) is 17.5 Å². The number of carbonyl (C=O) groups is 1. The first-order chi connectivity index (χ1) is 8.15. The van der Waals surface area contributed by atoms with E-state index in [0.717, 1.165) is 15.5 Å².